The van der Waals surface area contributed by atoms with E-state index in [2.05, 4.69) is 0 Å². The van der Waals surface area contributed by atoms with Crippen LogP contribution in [0.25, 0.3) is 0 Å². The van der Waals surface area contributed by atoms with E-state index in [1.54, 1.807) is 13.0 Å². The number of phenols is 1. The first-order valence-electron chi connectivity index (χ1n) is 3.28. The number of anilines is 1. The van der Waals surface area contributed by atoms with Crippen molar-refractivity contribution in [3.05, 3.63) is 17.7 Å². The Morgan fingerprint density at radius 2 is 2.09 bits per heavy atom. The summed E-state index contributed by atoms with van der Waals surface area (Å²) in [6, 6.07) is 3.21. The molecule has 0 saturated carbocycles. The maximum absolute atomic E-state index is 9.25. The average Bonchev–Trinajstić information content (AvgIpc) is 1.99. The highest BCUT2D eigenvalue weighted by molar-refractivity contribution is 5.57. The van der Waals surface area contributed by atoms with Crippen LogP contribution in [0.2, 0.25) is 0 Å². The number of hydrogen-bond donors (Lipinski definition) is 2. The zero-order valence-electron chi connectivity index (χ0n) is 6.59. The van der Waals surface area contributed by atoms with Crippen LogP contribution in [0.1, 0.15) is 5.56 Å². The SMILES string of the molecule is COc1cc(N)c(C)c(O)c1. The van der Waals surface area contributed by atoms with Gasteiger partial charge >= 0.3 is 0 Å². The quantitative estimate of drug-likeness (QED) is 0.598. The lowest BCUT2D eigenvalue weighted by atomic mass is 10.2. The molecule has 1 rings (SSSR count). The first kappa shape index (κ1) is 7.72. The molecule has 0 amide bonds. The molecule has 0 aliphatic heterocycles. The van der Waals surface area contributed by atoms with Crippen LogP contribution in [0.5, 0.6) is 11.5 Å². The molecule has 0 saturated heterocycles. The van der Waals surface area contributed by atoms with Crippen molar-refractivity contribution in [2.45, 2.75) is 6.92 Å². The Balaban J connectivity index is 3.21. The first-order chi connectivity index (χ1) is 5.15. The summed E-state index contributed by atoms with van der Waals surface area (Å²) in [7, 11) is 1.53. The Hall–Kier alpha value is -1.38. The molecule has 0 aliphatic carbocycles. The summed E-state index contributed by atoms with van der Waals surface area (Å²) in [5, 5.41) is 9.25. The molecule has 1 aromatic carbocycles. The maximum atomic E-state index is 9.25. The number of hydrogen-bond acceptors (Lipinski definition) is 3. The highest BCUT2D eigenvalue weighted by Gasteiger charge is 2.02. The third-order valence-corrected chi connectivity index (χ3v) is 1.63. The summed E-state index contributed by atoms with van der Waals surface area (Å²) < 4.78 is 4.89. The van der Waals surface area contributed by atoms with Crippen LogP contribution in [-0.4, -0.2) is 12.2 Å². The molecule has 60 valence electrons. The normalized spacial score (nSPS) is 9.64. The van der Waals surface area contributed by atoms with E-state index in [1.807, 2.05) is 0 Å². The summed E-state index contributed by atoms with van der Waals surface area (Å²) in [4.78, 5) is 0. The Labute approximate surface area is 65.4 Å². The number of aromatic hydroxyl groups is 1. The van der Waals surface area contributed by atoms with Crippen molar-refractivity contribution in [3.63, 3.8) is 0 Å². The highest BCUT2D eigenvalue weighted by atomic mass is 16.5. The predicted octanol–water partition coefficient (Wildman–Crippen LogP) is 1.29. The summed E-state index contributed by atoms with van der Waals surface area (Å²) in [6.45, 7) is 1.75. The van der Waals surface area contributed by atoms with Crippen molar-refractivity contribution in [2.75, 3.05) is 12.8 Å². The largest absolute Gasteiger partial charge is 0.507 e. The number of nitrogens with two attached hydrogens (primary N) is 1. The van der Waals surface area contributed by atoms with E-state index in [0.717, 1.165) is 0 Å². The Bertz CT molecular complexity index is 248. The molecule has 0 unspecified atom stereocenters. The zero-order chi connectivity index (χ0) is 8.43. The van der Waals surface area contributed by atoms with Crippen molar-refractivity contribution < 1.29 is 9.84 Å². The summed E-state index contributed by atoms with van der Waals surface area (Å²) in [5.41, 5.74) is 6.79. The van der Waals surface area contributed by atoms with Gasteiger partial charge in [0.05, 0.1) is 7.11 Å². The van der Waals surface area contributed by atoms with Gasteiger partial charge in [-0.1, -0.05) is 0 Å². The van der Waals surface area contributed by atoms with E-state index >= 15 is 0 Å². The van der Waals surface area contributed by atoms with Gasteiger partial charge in [0.2, 0.25) is 0 Å². The van der Waals surface area contributed by atoms with Gasteiger partial charge in [0.1, 0.15) is 11.5 Å². The number of methoxy groups -OCH3 is 1. The van der Waals surface area contributed by atoms with Gasteiger partial charge < -0.3 is 15.6 Å². The fraction of sp³-hybridized carbons (Fsp3) is 0.250. The third-order valence-electron chi connectivity index (χ3n) is 1.63. The Morgan fingerprint density at radius 1 is 1.45 bits per heavy atom. The van der Waals surface area contributed by atoms with Crippen molar-refractivity contribution >= 4 is 5.69 Å². The maximum Gasteiger partial charge on any atom is 0.124 e. The second-order valence-electron chi connectivity index (χ2n) is 2.36. The highest BCUT2D eigenvalue weighted by Crippen LogP contribution is 2.28. The molecule has 3 N–H and O–H groups in total. The number of rotatable bonds is 1. The lowest BCUT2D eigenvalue weighted by Gasteiger charge is -2.05. The molecule has 11 heavy (non-hydrogen) atoms. The summed E-state index contributed by atoms with van der Waals surface area (Å²) in [5.74, 6) is 0.743. The molecule has 0 radical (unpaired) electrons. The van der Waals surface area contributed by atoms with Crippen LogP contribution in [0.4, 0.5) is 5.69 Å². The van der Waals surface area contributed by atoms with Crippen LogP contribution in [-0.2, 0) is 0 Å². The second kappa shape index (κ2) is 2.70. The minimum absolute atomic E-state index is 0.168. The zero-order valence-corrected chi connectivity index (χ0v) is 6.59. The number of phenolic OH excluding ortho intramolecular Hbond substituents is 1. The van der Waals surface area contributed by atoms with Crippen molar-refractivity contribution in [2.24, 2.45) is 0 Å². The standard InChI is InChI=1S/C8H11NO2/c1-5-7(9)3-6(11-2)4-8(5)10/h3-4,10H,9H2,1-2H3. The van der Waals surface area contributed by atoms with Crippen LogP contribution < -0.4 is 10.5 Å². The fourth-order valence-electron chi connectivity index (χ4n) is 0.812. The number of benzene rings is 1. The van der Waals surface area contributed by atoms with Gasteiger partial charge in [0, 0.05) is 23.4 Å². The van der Waals surface area contributed by atoms with Crippen LogP contribution in [0, 0.1) is 6.92 Å². The Morgan fingerprint density at radius 3 is 2.55 bits per heavy atom. The number of nitrogen functional groups attached to an aromatic ring is 1. The molecule has 0 atom stereocenters. The predicted molar refractivity (Wildman–Crippen MR) is 43.8 cm³/mol. The average molecular weight is 153 g/mol. The molecule has 0 heterocycles. The van der Waals surface area contributed by atoms with E-state index in [9.17, 15) is 5.11 Å². The van der Waals surface area contributed by atoms with E-state index in [-0.39, 0.29) is 5.75 Å². The lowest BCUT2D eigenvalue weighted by molar-refractivity contribution is 0.407. The fourth-order valence-corrected chi connectivity index (χ4v) is 0.812. The third kappa shape index (κ3) is 1.37. The van der Waals surface area contributed by atoms with E-state index in [0.29, 0.717) is 17.0 Å². The molecular formula is C8H11NO2. The van der Waals surface area contributed by atoms with Gasteiger partial charge in [-0.05, 0) is 6.92 Å². The van der Waals surface area contributed by atoms with Crippen molar-refractivity contribution in [1.82, 2.24) is 0 Å². The van der Waals surface area contributed by atoms with Crippen LogP contribution in [0.3, 0.4) is 0 Å². The molecule has 0 aromatic heterocycles. The molecule has 0 bridgehead atoms. The summed E-state index contributed by atoms with van der Waals surface area (Å²) >= 11 is 0. The summed E-state index contributed by atoms with van der Waals surface area (Å²) in [6.07, 6.45) is 0. The van der Waals surface area contributed by atoms with E-state index in [1.165, 1.54) is 13.2 Å². The van der Waals surface area contributed by atoms with Gasteiger partial charge in [0.25, 0.3) is 0 Å². The lowest BCUT2D eigenvalue weighted by Crippen LogP contribution is -1.91. The molecule has 0 spiro atoms. The topological polar surface area (TPSA) is 55.5 Å². The Kier molecular flexibility index (Phi) is 1.89. The molecular weight excluding hydrogens is 142 g/mol. The van der Waals surface area contributed by atoms with E-state index in [4.69, 9.17) is 10.5 Å². The molecule has 1 aromatic rings. The molecule has 0 fully saturated rings. The molecule has 3 nitrogen and oxygen atoms in total. The van der Waals surface area contributed by atoms with Gasteiger partial charge in [-0.2, -0.15) is 0 Å². The number of ether oxygens (including phenoxy) is 1. The first-order valence-corrected chi connectivity index (χ1v) is 3.28. The monoisotopic (exact) mass is 153 g/mol. The second-order valence-corrected chi connectivity index (χ2v) is 2.36. The minimum atomic E-state index is 0.168. The van der Waals surface area contributed by atoms with Crippen LogP contribution in [0.15, 0.2) is 12.1 Å². The van der Waals surface area contributed by atoms with Gasteiger partial charge in [0.15, 0.2) is 0 Å². The van der Waals surface area contributed by atoms with Crippen molar-refractivity contribution in [3.8, 4) is 11.5 Å². The van der Waals surface area contributed by atoms with Crippen molar-refractivity contribution in [1.29, 1.82) is 0 Å². The molecule has 3 heteroatoms. The van der Waals surface area contributed by atoms with Crippen LogP contribution >= 0.6 is 0 Å². The van der Waals surface area contributed by atoms with Gasteiger partial charge in [-0.15, -0.1) is 0 Å². The van der Waals surface area contributed by atoms with Gasteiger partial charge in [-0.25, -0.2) is 0 Å². The smallest absolute Gasteiger partial charge is 0.124 e. The molecule has 0 aliphatic rings. The van der Waals surface area contributed by atoms with E-state index < -0.39 is 0 Å². The minimum Gasteiger partial charge on any atom is -0.507 e. The van der Waals surface area contributed by atoms with Gasteiger partial charge in [-0.3, -0.25) is 0 Å².